The molecule has 0 spiro atoms. The first-order chi connectivity index (χ1) is 9.31. The normalized spacial score (nSPS) is 11.7. The maximum atomic E-state index is 11.9. The highest BCUT2D eigenvalue weighted by molar-refractivity contribution is 9.10. The van der Waals surface area contributed by atoms with Crippen LogP contribution in [0.15, 0.2) is 22.7 Å². The van der Waals surface area contributed by atoms with Crippen molar-refractivity contribution < 1.29 is 24.6 Å². The van der Waals surface area contributed by atoms with Gasteiger partial charge in [-0.2, -0.15) is 0 Å². The van der Waals surface area contributed by atoms with Crippen LogP contribution in [0.25, 0.3) is 0 Å². The lowest BCUT2D eigenvalue weighted by molar-refractivity contribution is -0.140. The van der Waals surface area contributed by atoms with E-state index in [1.165, 1.54) is 12.1 Å². The second kappa shape index (κ2) is 6.90. The summed E-state index contributed by atoms with van der Waals surface area (Å²) in [5.41, 5.74) is 5.99. The number of hydrogen-bond donors (Lipinski definition) is 4. The van der Waals surface area contributed by atoms with Crippen LogP contribution in [0, 0.1) is 0 Å². The van der Waals surface area contributed by atoms with Crippen LogP contribution in [0.5, 0.6) is 0 Å². The third-order valence-electron chi connectivity index (χ3n) is 2.51. The number of benzene rings is 1. The van der Waals surface area contributed by atoms with Gasteiger partial charge in [-0.15, -0.1) is 0 Å². The average molecular weight is 345 g/mol. The minimum atomic E-state index is -1.30. The standard InChI is InChI=1S/C12H13BrN2O5/c13-6-1-2-7(8(14)5-6)11(18)15-9(12(19)20)3-4-10(16)17/h1-2,5,9H,3-4,14H2,(H,15,18)(H,16,17)(H,19,20). The van der Waals surface area contributed by atoms with Crippen LogP contribution in [-0.4, -0.2) is 34.1 Å². The van der Waals surface area contributed by atoms with Crippen LogP contribution in [0.3, 0.4) is 0 Å². The van der Waals surface area contributed by atoms with Gasteiger partial charge >= 0.3 is 11.9 Å². The third-order valence-corrected chi connectivity index (χ3v) is 3.00. The zero-order chi connectivity index (χ0) is 15.3. The van der Waals surface area contributed by atoms with Gasteiger partial charge in [0.2, 0.25) is 0 Å². The van der Waals surface area contributed by atoms with Gasteiger partial charge in [0.05, 0.1) is 5.56 Å². The molecule has 0 saturated carbocycles. The molecular formula is C12H13BrN2O5. The van der Waals surface area contributed by atoms with Gasteiger partial charge in [0.1, 0.15) is 6.04 Å². The molecule has 7 nitrogen and oxygen atoms in total. The zero-order valence-corrected chi connectivity index (χ0v) is 11.9. The lowest BCUT2D eigenvalue weighted by Crippen LogP contribution is -2.41. The van der Waals surface area contributed by atoms with Crippen LogP contribution < -0.4 is 11.1 Å². The molecule has 8 heteroatoms. The van der Waals surface area contributed by atoms with E-state index in [4.69, 9.17) is 15.9 Å². The summed E-state index contributed by atoms with van der Waals surface area (Å²) in [6.07, 6.45) is -0.556. The molecular weight excluding hydrogens is 332 g/mol. The lowest BCUT2D eigenvalue weighted by Gasteiger charge is -2.14. The van der Waals surface area contributed by atoms with Gasteiger partial charge in [0, 0.05) is 16.6 Å². The van der Waals surface area contributed by atoms with Gasteiger partial charge in [-0.25, -0.2) is 4.79 Å². The Labute approximate surface area is 122 Å². The molecule has 0 aromatic heterocycles. The van der Waals surface area contributed by atoms with Crippen molar-refractivity contribution in [3.8, 4) is 0 Å². The first-order valence-electron chi connectivity index (χ1n) is 5.61. The van der Waals surface area contributed by atoms with Crippen molar-refractivity contribution in [3.05, 3.63) is 28.2 Å². The monoisotopic (exact) mass is 344 g/mol. The number of carboxylic acids is 2. The van der Waals surface area contributed by atoms with E-state index in [1.807, 2.05) is 0 Å². The molecule has 1 aromatic rings. The van der Waals surface area contributed by atoms with E-state index >= 15 is 0 Å². The molecule has 0 bridgehead atoms. The largest absolute Gasteiger partial charge is 0.481 e. The van der Waals surface area contributed by atoms with E-state index in [0.29, 0.717) is 4.47 Å². The van der Waals surface area contributed by atoms with Crippen molar-refractivity contribution in [2.24, 2.45) is 0 Å². The van der Waals surface area contributed by atoms with Crippen molar-refractivity contribution in [1.82, 2.24) is 5.32 Å². The number of amides is 1. The topological polar surface area (TPSA) is 130 Å². The Kier molecular flexibility index (Phi) is 5.51. The molecule has 0 aliphatic heterocycles. The number of carbonyl (C=O) groups is 3. The molecule has 5 N–H and O–H groups in total. The number of nitrogens with one attached hydrogen (secondary N) is 1. The Hall–Kier alpha value is -2.09. The number of rotatable bonds is 6. The smallest absolute Gasteiger partial charge is 0.326 e. The predicted octanol–water partition coefficient (Wildman–Crippen LogP) is 1.08. The number of aliphatic carboxylic acids is 2. The van der Waals surface area contributed by atoms with Gasteiger partial charge in [-0.3, -0.25) is 9.59 Å². The Morgan fingerprint density at radius 3 is 2.45 bits per heavy atom. The molecule has 1 unspecified atom stereocenters. The fourth-order valence-corrected chi connectivity index (χ4v) is 1.88. The molecule has 1 amide bonds. The summed E-state index contributed by atoms with van der Waals surface area (Å²) in [7, 11) is 0. The summed E-state index contributed by atoms with van der Waals surface area (Å²) >= 11 is 3.19. The fraction of sp³-hybridized carbons (Fsp3) is 0.250. The lowest BCUT2D eigenvalue weighted by atomic mass is 10.1. The summed E-state index contributed by atoms with van der Waals surface area (Å²) in [5, 5.41) is 19.7. The molecule has 0 heterocycles. The fourth-order valence-electron chi connectivity index (χ4n) is 1.50. The number of anilines is 1. The van der Waals surface area contributed by atoms with E-state index in [1.54, 1.807) is 6.07 Å². The molecule has 1 atom stereocenters. The minimum absolute atomic E-state index is 0.134. The Balaban J connectivity index is 2.80. The summed E-state index contributed by atoms with van der Waals surface area (Å²) in [6, 6.07) is 3.28. The quantitative estimate of drug-likeness (QED) is 0.571. The Morgan fingerprint density at radius 2 is 1.95 bits per heavy atom. The van der Waals surface area contributed by atoms with Crippen LogP contribution in [-0.2, 0) is 9.59 Å². The van der Waals surface area contributed by atoms with Gasteiger partial charge in [-0.05, 0) is 24.6 Å². The second-order valence-corrected chi connectivity index (χ2v) is 4.94. The molecule has 0 saturated heterocycles. The van der Waals surface area contributed by atoms with E-state index in [2.05, 4.69) is 21.2 Å². The molecule has 20 heavy (non-hydrogen) atoms. The highest BCUT2D eigenvalue weighted by Crippen LogP contribution is 2.18. The Morgan fingerprint density at radius 1 is 1.30 bits per heavy atom. The predicted molar refractivity (Wildman–Crippen MR) is 74.3 cm³/mol. The first-order valence-corrected chi connectivity index (χ1v) is 6.41. The molecule has 0 fully saturated rings. The molecule has 1 rings (SSSR count). The van der Waals surface area contributed by atoms with E-state index < -0.39 is 23.9 Å². The van der Waals surface area contributed by atoms with Crippen LogP contribution in [0.2, 0.25) is 0 Å². The Bertz CT molecular complexity index is 547. The third kappa shape index (κ3) is 4.54. The number of hydrogen-bond acceptors (Lipinski definition) is 4. The molecule has 1 aromatic carbocycles. The number of halogens is 1. The van der Waals surface area contributed by atoms with Crippen molar-refractivity contribution in [2.75, 3.05) is 5.73 Å². The van der Waals surface area contributed by atoms with Crippen LogP contribution in [0.1, 0.15) is 23.2 Å². The molecule has 0 aliphatic carbocycles. The molecule has 0 radical (unpaired) electrons. The van der Waals surface area contributed by atoms with E-state index in [9.17, 15) is 14.4 Å². The second-order valence-electron chi connectivity index (χ2n) is 4.03. The maximum Gasteiger partial charge on any atom is 0.326 e. The maximum absolute atomic E-state index is 11.9. The van der Waals surface area contributed by atoms with Crippen LogP contribution in [0.4, 0.5) is 5.69 Å². The molecule has 0 aliphatic rings. The summed E-state index contributed by atoms with van der Waals surface area (Å²) in [6.45, 7) is 0. The summed E-state index contributed by atoms with van der Waals surface area (Å²) in [4.78, 5) is 33.3. The highest BCUT2D eigenvalue weighted by Gasteiger charge is 2.22. The van der Waals surface area contributed by atoms with Gasteiger partial charge < -0.3 is 21.3 Å². The minimum Gasteiger partial charge on any atom is -0.481 e. The summed E-state index contributed by atoms with van der Waals surface area (Å²) < 4.78 is 0.687. The van der Waals surface area contributed by atoms with E-state index in [-0.39, 0.29) is 24.1 Å². The van der Waals surface area contributed by atoms with Crippen molar-refractivity contribution >= 4 is 39.5 Å². The number of carbonyl (C=O) groups excluding carboxylic acids is 1. The number of nitrogens with two attached hydrogens (primary N) is 1. The van der Waals surface area contributed by atoms with Crippen LogP contribution >= 0.6 is 15.9 Å². The number of nitrogen functional groups attached to an aromatic ring is 1. The SMILES string of the molecule is Nc1cc(Br)ccc1C(=O)NC(CCC(=O)O)C(=O)O. The highest BCUT2D eigenvalue weighted by atomic mass is 79.9. The summed E-state index contributed by atoms with van der Waals surface area (Å²) in [5.74, 6) is -3.09. The van der Waals surface area contributed by atoms with E-state index in [0.717, 1.165) is 0 Å². The van der Waals surface area contributed by atoms with Crippen molar-refractivity contribution in [1.29, 1.82) is 0 Å². The van der Waals surface area contributed by atoms with Gasteiger partial charge in [0.25, 0.3) is 5.91 Å². The van der Waals surface area contributed by atoms with Crippen molar-refractivity contribution in [3.63, 3.8) is 0 Å². The first kappa shape index (κ1) is 16.0. The molecule has 108 valence electrons. The van der Waals surface area contributed by atoms with Crippen molar-refractivity contribution in [2.45, 2.75) is 18.9 Å². The zero-order valence-electron chi connectivity index (χ0n) is 10.3. The van der Waals surface area contributed by atoms with Gasteiger partial charge in [-0.1, -0.05) is 15.9 Å². The van der Waals surface area contributed by atoms with Gasteiger partial charge in [0.15, 0.2) is 0 Å². The number of carboxylic acid groups (broad SMARTS) is 2. The average Bonchev–Trinajstić information content (AvgIpc) is 2.33.